The van der Waals surface area contributed by atoms with Crippen LogP contribution in [0.1, 0.15) is 29.8 Å². The largest absolute Gasteiger partial charge is 0.496 e. The number of amides is 1. The third-order valence-electron chi connectivity index (χ3n) is 2.94. The van der Waals surface area contributed by atoms with Crippen LogP contribution < -0.4 is 4.74 Å². The topological polar surface area (TPSA) is 29.5 Å². The molecule has 0 spiro atoms. The molecule has 0 aromatic heterocycles. The molecule has 0 saturated carbocycles. The summed E-state index contributed by atoms with van der Waals surface area (Å²) in [7, 11) is 1.63. The maximum Gasteiger partial charge on any atom is 0.253 e. The van der Waals surface area contributed by atoms with Gasteiger partial charge < -0.3 is 9.64 Å². The lowest BCUT2D eigenvalue weighted by atomic mass is 10.1. The minimum Gasteiger partial charge on any atom is -0.496 e. The second-order valence-corrected chi connectivity index (χ2v) is 4.00. The first-order chi connectivity index (χ1) is 8.67. The molecule has 1 rings (SSSR count). The Morgan fingerprint density at radius 2 is 2.06 bits per heavy atom. The van der Waals surface area contributed by atoms with E-state index in [2.05, 4.69) is 6.58 Å². The number of allylic oxidation sites excluding steroid dienone is 1. The minimum absolute atomic E-state index is 0.0629. The highest BCUT2D eigenvalue weighted by atomic mass is 16.5. The fourth-order valence-electron chi connectivity index (χ4n) is 1.92. The van der Waals surface area contributed by atoms with Crippen LogP contribution in [0.4, 0.5) is 0 Å². The van der Waals surface area contributed by atoms with Gasteiger partial charge in [0, 0.05) is 18.7 Å². The van der Waals surface area contributed by atoms with Gasteiger partial charge in [-0.2, -0.15) is 0 Å². The Bertz CT molecular complexity index is 423. The maximum atomic E-state index is 12.2. The minimum atomic E-state index is 0.0629. The molecule has 1 aromatic rings. The molecule has 0 fully saturated rings. The summed E-state index contributed by atoms with van der Waals surface area (Å²) in [6, 6.07) is 5.54. The lowest BCUT2D eigenvalue weighted by Crippen LogP contribution is -2.30. The number of ether oxygens (including phenoxy) is 1. The van der Waals surface area contributed by atoms with E-state index >= 15 is 0 Å². The Labute approximate surface area is 109 Å². The maximum absolute atomic E-state index is 12.2. The molecule has 98 valence electrons. The molecule has 0 saturated heterocycles. The molecule has 0 N–H and O–H groups in total. The number of carbonyl (C=O) groups excluding carboxylic acids is 1. The summed E-state index contributed by atoms with van der Waals surface area (Å²) < 4.78 is 5.27. The van der Waals surface area contributed by atoms with E-state index in [1.54, 1.807) is 12.0 Å². The number of hydrogen-bond donors (Lipinski definition) is 0. The van der Waals surface area contributed by atoms with Gasteiger partial charge in [0.15, 0.2) is 0 Å². The molecular formula is C15H21NO2. The second-order valence-electron chi connectivity index (χ2n) is 4.00. The van der Waals surface area contributed by atoms with Crippen molar-refractivity contribution in [3.63, 3.8) is 0 Å². The van der Waals surface area contributed by atoms with Gasteiger partial charge in [-0.05, 0) is 44.0 Å². The first-order valence-electron chi connectivity index (χ1n) is 6.24. The molecule has 0 unspecified atom stereocenters. The van der Waals surface area contributed by atoms with Crippen LogP contribution in [-0.2, 0) is 6.42 Å². The van der Waals surface area contributed by atoms with Gasteiger partial charge in [-0.25, -0.2) is 0 Å². The summed E-state index contributed by atoms with van der Waals surface area (Å²) in [6.07, 6.45) is 2.51. The van der Waals surface area contributed by atoms with Crippen molar-refractivity contribution in [2.24, 2.45) is 0 Å². The number of methoxy groups -OCH3 is 1. The van der Waals surface area contributed by atoms with Crippen molar-refractivity contribution in [3.8, 4) is 5.75 Å². The van der Waals surface area contributed by atoms with Crippen molar-refractivity contribution in [2.45, 2.75) is 20.3 Å². The van der Waals surface area contributed by atoms with Crippen LogP contribution in [0, 0.1) is 0 Å². The van der Waals surface area contributed by atoms with Crippen molar-refractivity contribution < 1.29 is 9.53 Å². The summed E-state index contributed by atoms with van der Waals surface area (Å²) in [5.74, 6) is 0.860. The molecule has 0 heterocycles. The summed E-state index contributed by atoms with van der Waals surface area (Å²) >= 11 is 0. The molecule has 0 aliphatic carbocycles. The second kappa shape index (κ2) is 6.84. The van der Waals surface area contributed by atoms with Crippen LogP contribution in [0.15, 0.2) is 30.9 Å². The molecule has 1 amide bonds. The van der Waals surface area contributed by atoms with Crippen LogP contribution >= 0.6 is 0 Å². The Hall–Kier alpha value is -1.77. The first kappa shape index (κ1) is 14.3. The molecule has 18 heavy (non-hydrogen) atoms. The van der Waals surface area contributed by atoms with Gasteiger partial charge in [0.1, 0.15) is 5.75 Å². The van der Waals surface area contributed by atoms with Crippen molar-refractivity contribution in [1.29, 1.82) is 0 Å². The number of benzene rings is 1. The summed E-state index contributed by atoms with van der Waals surface area (Å²) in [4.78, 5) is 14.0. The normalized spacial score (nSPS) is 9.94. The van der Waals surface area contributed by atoms with Gasteiger partial charge in [0.25, 0.3) is 5.91 Å². The molecular weight excluding hydrogens is 226 g/mol. The van der Waals surface area contributed by atoms with Gasteiger partial charge in [-0.3, -0.25) is 4.79 Å². The SMILES string of the molecule is C=CCc1cc(C(=O)N(CC)CC)ccc1OC. The van der Waals surface area contributed by atoms with E-state index in [0.717, 1.165) is 24.4 Å². The molecule has 0 atom stereocenters. The molecule has 0 radical (unpaired) electrons. The number of rotatable bonds is 6. The average molecular weight is 247 g/mol. The number of hydrogen-bond acceptors (Lipinski definition) is 2. The van der Waals surface area contributed by atoms with E-state index < -0.39 is 0 Å². The molecule has 0 bridgehead atoms. The third kappa shape index (κ3) is 3.13. The van der Waals surface area contributed by atoms with Crippen molar-refractivity contribution in [3.05, 3.63) is 42.0 Å². The standard InChI is InChI=1S/C15H21NO2/c1-5-8-12-11-13(9-10-14(12)18-4)15(17)16(6-2)7-3/h5,9-11H,1,6-8H2,2-4H3. The fourth-order valence-corrected chi connectivity index (χ4v) is 1.92. The van der Waals surface area contributed by atoms with E-state index in [1.807, 2.05) is 38.1 Å². The number of nitrogens with zero attached hydrogens (tertiary/aromatic N) is 1. The highest BCUT2D eigenvalue weighted by Crippen LogP contribution is 2.21. The van der Waals surface area contributed by atoms with Crippen LogP contribution in [0.2, 0.25) is 0 Å². The molecule has 1 aromatic carbocycles. The van der Waals surface area contributed by atoms with Crippen LogP contribution in [0.25, 0.3) is 0 Å². The smallest absolute Gasteiger partial charge is 0.253 e. The summed E-state index contributed by atoms with van der Waals surface area (Å²) in [6.45, 7) is 9.13. The quantitative estimate of drug-likeness (QED) is 0.723. The lowest BCUT2D eigenvalue weighted by molar-refractivity contribution is 0.0773. The van der Waals surface area contributed by atoms with Gasteiger partial charge in [-0.15, -0.1) is 6.58 Å². The van der Waals surface area contributed by atoms with Gasteiger partial charge in [0.2, 0.25) is 0 Å². The van der Waals surface area contributed by atoms with E-state index in [1.165, 1.54) is 0 Å². The summed E-state index contributed by atoms with van der Waals surface area (Å²) in [5.41, 5.74) is 1.70. The zero-order valence-corrected chi connectivity index (χ0v) is 11.4. The Morgan fingerprint density at radius 1 is 1.39 bits per heavy atom. The van der Waals surface area contributed by atoms with Crippen LogP contribution in [-0.4, -0.2) is 31.0 Å². The van der Waals surface area contributed by atoms with Crippen molar-refractivity contribution in [2.75, 3.05) is 20.2 Å². The highest BCUT2D eigenvalue weighted by molar-refractivity contribution is 5.94. The Kier molecular flexibility index (Phi) is 5.43. The Morgan fingerprint density at radius 3 is 2.56 bits per heavy atom. The van der Waals surface area contributed by atoms with E-state index in [-0.39, 0.29) is 5.91 Å². The van der Waals surface area contributed by atoms with E-state index in [4.69, 9.17) is 4.74 Å². The highest BCUT2D eigenvalue weighted by Gasteiger charge is 2.14. The van der Waals surface area contributed by atoms with E-state index in [9.17, 15) is 4.79 Å². The van der Waals surface area contributed by atoms with Gasteiger partial charge in [0.05, 0.1) is 7.11 Å². The third-order valence-corrected chi connectivity index (χ3v) is 2.94. The summed E-state index contributed by atoms with van der Waals surface area (Å²) in [5, 5.41) is 0. The predicted molar refractivity (Wildman–Crippen MR) is 74.1 cm³/mol. The zero-order chi connectivity index (χ0) is 13.5. The predicted octanol–water partition coefficient (Wildman–Crippen LogP) is 2.91. The first-order valence-corrected chi connectivity index (χ1v) is 6.24. The number of carbonyl (C=O) groups is 1. The van der Waals surface area contributed by atoms with Crippen molar-refractivity contribution in [1.82, 2.24) is 4.90 Å². The van der Waals surface area contributed by atoms with Gasteiger partial charge in [-0.1, -0.05) is 6.08 Å². The van der Waals surface area contributed by atoms with Crippen LogP contribution in [0.3, 0.4) is 0 Å². The lowest BCUT2D eigenvalue weighted by Gasteiger charge is -2.19. The Balaban J connectivity index is 3.06. The van der Waals surface area contributed by atoms with E-state index in [0.29, 0.717) is 12.0 Å². The van der Waals surface area contributed by atoms with Crippen molar-refractivity contribution >= 4 is 5.91 Å². The zero-order valence-electron chi connectivity index (χ0n) is 11.4. The average Bonchev–Trinajstić information content (AvgIpc) is 2.40. The van der Waals surface area contributed by atoms with Gasteiger partial charge >= 0.3 is 0 Å². The molecule has 3 heteroatoms. The monoisotopic (exact) mass is 247 g/mol. The molecule has 3 nitrogen and oxygen atoms in total. The van der Waals surface area contributed by atoms with Crippen LogP contribution in [0.5, 0.6) is 5.75 Å². The molecule has 0 aliphatic heterocycles. The molecule has 0 aliphatic rings. The fraction of sp³-hybridized carbons (Fsp3) is 0.400.